The molecular weight excluding hydrogens is 352 g/mol. The molecule has 1 saturated heterocycles. The number of hydrogen-bond donors (Lipinski definition) is 1. The molecule has 1 fully saturated rings. The van der Waals surface area contributed by atoms with Crippen LogP contribution in [0.1, 0.15) is 108 Å². The Morgan fingerprint density at radius 3 is 2.26 bits per heavy atom. The SMILES string of the molecule is CCc1cc2c(cc1C(C)/N=C1/CCCCCN1)C(C)(C)CCC2(C)C.Cl. The fraction of sp³-hybridized carbons (Fsp3) is 0.708. The first kappa shape index (κ1) is 22.3. The van der Waals surface area contributed by atoms with E-state index in [1.165, 1.54) is 49.1 Å². The number of hydrogen-bond acceptors (Lipinski definition) is 1. The van der Waals surface area contributed by atoms with Crippen molar-refractivity contribution in [2.75, 3.05) is 6.54 Å². The number of fused-ring (bicyclic) bond motifs is 1. The van der Waals surface area contributed by atoms with Crippen molar-refractivity contribution in [2.45, 2.75) is 103 Å². The molecule has 1 aromatic rings. The minimum absolute atomic E-state index is 0. The molecule has 2 nitrogen and oxygen atoms in total. The smallest absolute Gasteiger partial charge is 0.0970 e. The summed E-state index contributed by atoms with van der Waals surface area (Å²) in [6, 6.07) is 5.26. The van der Waals surface area contributed by atoms with E-state index in [1.807, 2.05) is 0 Å². The van der Waals surface area contributed by atoms with Gasteiger partial charge in [0.15, 0.2) is 0 Å². The normalized spacial score (nSPS) is 23.6. The van der Waals surface area contributed by atoms with E-state index in [4.69, 9.17) is 4.99 Å². The van der Waals surface area contributed by atoms with Crippen LogP contribution in [0.5, 0.6) is 0 Å². The van der Waals surface area contributed by atoms with E-state index in [-0.39, 0.29) is 29.3 Å². The summed E-state index contributed by atoms with van der Waals surface area (Å²) in [5.41, 5.74) is 6.60. The van der Waals surface area contributed by atoms with Crippen LogP contribution in [0.2, 0.25) is 0 Å². The summed E-state index contributed by atoms with van der Waals surface area (Å²) < 4.78 is 0. The zero-order valence-corrected chi connectivity index (χ0v) is 19.1. The molecular formula is C24H39ClN2. The Kier molecular flexibility index (Phi) is 7.06. The fourth-order valence-electron chi connectivity index (χ4n) is 4.70. The third-order valence-corrected chi connectivity index (χ3v) is 6.71. The van der Waals surface area contributed by atoms with Gasteiger partial charge in [0.2, 0.25) is 0 Å². The largest absolute Gasteiger partial charge is 0.374 e. The predicted octanol–water partition coefficient (Wildman–Crippen LogP) is 6.64. The molecule has 0 saturated carbocycles. The van der Waals surface area contributed by atoms with Gasteiger partial charge in [0.25, 0.3) is 0 Å². The maximum absolute atomic E-state index is 5.11. The van der Waals surface area contributed by atoms with E-state index in [9.17, 15) is 0 Å². The van der Waals surface area contributed by atoms with Crippen LogP contribution >= 0.6 is 12.4 Å². The highest BCUT2D eigenvalue weighted by Crippen LogP contribution is 2.47. The zero-order valence-electron chi connectivity index (χ0n) is 18.2. The van der Waals surface area contributed by atoms with Crippen molar-refractivity contribution in [1.29, 1.82) is 0 Å². The van der Waals surface area contributed by atoms with Crippen LogP contribution in [-0.4, -0.2) is 12.4 Å². The van der Waals surface area contributed by atoms with Crippen LogP contribution in [0.15, 0.2) is 17.1 Å². The molecule has 1 heterocycles. The van der Waals surface area contributed by atoms with Crippen LogP contribution < -0.4 is 5.32 Å². The summed E-state index contributed by atoms with van der Waals surface area (Å²) in [6.07, 6.45) is 8.60. The second-order valence-corrected chi connectivity index (χ2v) is 9.71. The van der Waals surface area contributed by atoms with Gasteiger partial charge in [-0.15, -0.1) is 12.4 Å². The minimum atomic E-state index is 0. The lowest BCUT2D eigenvalue weighted by Gasteiger charge is -2.42. The molecule has 1 atom stereocenters. The van der Waals surface area contributed by atoms with Gasteiger partial charge in [-0.3, -0.25) is 4.99 Å². The third kappa shape index (κ3) is 4.70. The maximum atomic E-state index is 5.11. The quantitative estimate of drug-likeness (QED) is 0.614. The highest BCUT2D eigenvalue weighted by atomic mass is 35.5. The Labute approximate surface area is 173 Å². The zero-order chi connectivity index (χ0) is 18.9. The molecule has 152 valence electrons. The summed E-state index contributed by atoms with van der Waals surface area (Å²) in [7, 11) is 0. The third-order valence-electron chi connectivity index (χ3n) is 6.71. The van der Waals surface area contributed by atoms with Crippen LogP contribution in [0.4, 0.5) is 0 Å². The molecule has 1 aliphatic carbocycles. The first-order valence-corrected chi connectivity index (χ1v) is 10.7. The number of rotatable bonds is 3. The Balaban J connectivity index is 0.00000261. The molecule has 0 radical (unpaired) electrons. The number of nitrogens with zero attached hydrogens (tertiary/aromatic N) is 1. The van der Waals surface area contributed by atoms with Crippen LogP contribution in [-0.2, 0) is 17.3 Å². The van der Waals surface area contributed by atoms with E-state index >= 15 is 0 Å². The lowest BCUT2D eigenvalue weighted by molar-refractivity contribution is 0.331. The van der Waals surface area contributed by atoms with Crippen molar-refractivity contribution in [2.24, 2.45) is 4.99 Å². The molecule has 3 heteroatoms. The van der Waals surface area contributed by atoms with E-state index in [0.29, 0.717) is 0 Å². The standard InChI is InChI=1S/C24H38N2.ClH/c1-7-18-15-20-21(24(5,6)13-12-23(20,3)4)16-19(18)17(2)26-22-11-9-8-10-14-25-22;/h15-17H,7-14H2,1-6H3,(H,25,26);1H. The molecule has 1 N–H and O–H groups in total. The number of amidine groups is 1. The van der Waals surface area contributed by atoms with Gasteiger partial charge in [0.05, 0.1) is 11.9 Å². The van der Waals surface area contributed by atoms with Gasteiger partial charge in [-0.1, -0.05) is 53.2 Å². The van der Waals surface area contributed by atoms with Crippen molar-refractivity contribution < 1.29 is 0 Å². The van der Waals surface area contributed by atoms with Gasteiger partial charge in [0, 0.05) is 13.0 Å². The number of aryl methyl sites for hydroxylation is 1. The van der Waals surface area contributed by atoms with E-state index < -0.39 is 0 Å². The minimum Gasteiger partial charge on any atom is -0.374 e. The fourth-order valence-corrected chi connectivity index (χ4v) is 4.70. The number of aliphatic imine (C=N–C) groups is 1. The van der Waals surface area contributed by atoms with Crippen molar-refractivity contribution >= 4 is 18.2 Å². The maximum Gasteiger partial charge on any atom is 0.0970 e. The summed E-state index contributed by atoms with van der Waals surface area (Å²) in [5.74, 6) is 1.22. The van der Waals surface area contributed by atoms with Gasteiger partial charge in [0.1, 0.15) is 0 Å². The molecule has 0 bridgehead atoms. The van der Waals surface area contributed by atoms with Crippen LogP contribution in [0.3, 0.4) is 0 Å². The van der Waals surface area contributed by atoms with Crippen LogP contribution in [0, 0.1) is 0 Å². The Hall–Kier alpha value is -1.02. The molecule has 3 rings (SSSR count). The lowest BCUT2D eigenvalue weighted by atomic mass is 9.62. The molecule has 0 aromatic heterocycles. The summed E-state index contributed by atoms with van der Waals surface area (Å²) in [4.78, 5) is 5.11. The molecule has 2 aliphatic rings. The van der Waals surface area contributed by atoms with Gasteiger partial charge in [-0.2, -0.15) is 0 Å². The molecule has 27 heavy (non-hydrogen) atoms. The number of nitrogens with one attached hydrogen (secondary N) is 1. The molecule has 1 aromatic carbocycles. The molecule has 1 aliphatic heterocycles. The van der Waals surface area contributed by atoms with Crippen molar-refractivity contribution in [3.63, 3.8) is 0 Å². The second-order valence-electron chi connectivity index (χ2n) is 9.71. The first-order chi connectivity index (χ1) is 12.2. The summed E-state index contributed by atoms with van der Waals surface area (Å²) in [6.45, 7) is 15.3. The van der Waals surface area contributed by atoms with Crippen LogP contribution in [0.25, 0.3) is 0 Å². The first-order valence-electron chi connectivity index (χ1n) is 10.7. The van der Waals surface area contributed by atoms with Crippen molar-refractivity contribution in [3.05, 3.63) is 34.4 Å². The number of halogens is 1. The lowest BCUT2D eigenvalue weighted by Crippen LogP contribution is -2.34. The van der Waals surface area contributed by atoms with E-state index in [0.717, 1.165) is 19.4 Å². The summed E-state index contributed by atoms with van der Waals surface area (Å²) >= 11 is 0. The van der Waals surface area contributed by atoms with Crippen molar-refractivity contribution in [3.8, 4) is 0 Å². The van der Waals surface area contributed by atoms with Gasteiger partial charge < -0.3 is 5.32 Å². The molecule has 0 amide bonds. The van der Waals surface area contributed by atoms with Gasteiger partial charge >= 0.3 is 0 Å². The highest BCUT2D eigenvalue weighted by molar-refractivity contribution is 5.85. The average molecular weight is 391 g/mol. The molecule has 1 unspecified atom stereocenters. The Bertz CT molecular complexity index is 678. The topological polar surface area (TPSA) is 24.4 Å². The van der Waals surface area contributed by atoms with Gasteiger partial charge in [-0.05, 0) is 72.1 Å². The van der Waals surface area contributed by atoms with E-state index in [1.54, 1.807) is 11.1 Å². The van der Waals surface area contributed by atoms with E-state index in [2.05, 4.69) is 59.0 Å². The predicted molar refractivity (Wildman–Crippen MR) is 121 cm³/mol. The second kappa shape index (κ2) is 8.55. The highest BCUT2D eigenvalue weighted by Gasteiger charge is 2.37. The van der Waals surface area contributed by atoms with Gasteiger partial charge in [-0.25, -0.2) is 0 Å². The molecule has 0 spiro atoms. The average Bonchev–Trinajstić information content (AvgIpc) is 2.86. The Morgan fingerprint density at radius 1 is 1.00 bits per heavy atom. The summed E-state index contributed by atoms with van der Waals surface area (Å²) in [5, 5.41) is 3.56. The monoisotopic (exact) mass is 390 g/mol. The Morgan fingerprint density at radius 2 is 1.63 bits per heavy atom. The number of benzene rings is 1. The van der Waals surface area contributed by atoms with Crippen molar-refractivity contribution in [1.82, 2.24) is 5.32 Å².